The Bertz CT molecular complexity index is 889. The smallest absolute Gasteiger partial charge is 0.204 e. The average Bonchev–Trinajstić information content (AvgIpc) is 2.89. The van der Waals surface area contributed by atoms with Gasteiger partial charge in [-0.1, -0.05) is 11.6 Å². The van der Waals surface area contributed by atoms with Crippen molar-refractivity contribution in [2.75, 3.05) is 11.4 Å². The third-order valence-electron chi connectivity index (χ3n) is 4.92. The van der Waals surface area contributed by atoms with Crippen molar-refractivity contribution < 1.29 is 9.90 Å². The topological polar surface area (TPSA) is 52.9 Å². The van der Waals surface area contributed by atoms with Crippen molar-refractivity contribution in [3.8, 4) is 0 Å². The number of Topliss-reactive ketones (excluding diaryl/α,β-unsaturated/α-hetero) is 1. The Morgan fingerprint density at radius 3 is 2.54 bits per heavy atom. The van der Waals surface area contributed by atoms with E-state index in [1.807, 2.05) is 43.0 Å². The highest BCUT2D eigenvalue weighted by Crippen LogP contribution is 2.40. The highest BCUT2D eigenvalue weighted by Gasteiger charge is 2.52. The summed E-state index contributed by atoms with van der Waals surface area (Å²) in [5, 5.41) is 11.7. The molecule has 2 aliphatic heterocycles. The van der Waals surface area contributed by atoms with Crippen molar-refractivity contribution in [3.05, 3.63) is 58.1 Å². The SMILES string of the molecule is Cc1cc2c(cc1C)C(=O)C1(O)CCN(c3ccc(Cl)cc3)C1=N2. The normalized spacial score (nSPS) is 22.2. The Morgan fingerprint density at radius 2 is 1.83 bits per heavy atom. The van der Waals surface area contributed by atoms with Gasteiger partial charge in [-0.2, -0.15) is 0 Å². The van der Waals surface area contributed by atoms with Crippen LogP contribution < -0.4 is 4.90 Å². The minimum atomic E-state index is -1.55. The molecule has 1 saturated heterocycles. The minimum absolute atomic E-state index is 0.262. The summed E-state index contributed by atoms with van der Waals surface area (Å²) < 4.78 is 0. The van der Waals surface area contributed by atoms with Crippen molar-refractivity contribution >= 4 is 34.6 Å². The molecule has 0 saturated carbocycles. The van der Waals surface area contributed by atoms with Gasteiger partial charge in [-0.15, -0.1) is 0 Å². The van der Waals surface area contributed by atoms with Gasteiger partial charge in [0.2, 0.25) is 5.78 Å². The molecule has 0 spiro atoms. The standard InChI is InChI=1S/C19H17ClN2O2/c1-11-9-15-16(10-12(11)2)21-18-19(24,17(15)23)7-8-22(18)14-5-3-13(20)4-6-14/h3-6,9-10,24H,7-8H2,1-2H3. The zero-order valence-electron chi connectivity index (χ0n) is 13.5. The molecule has 1 unspecified atom stereocenters. The number of benzene rings is 2. The van der Waals surface area contributed by atoms with E-state index in [2.05, 4.69) is 4.99 Å². The number of anilines is 1. The van der Waals surface area contributed by atoms with E-state index in [0.29, 0.717) is 35.1 Å². The fourth-order valence-corrected chi connectivity index (χ4v) is 3.49. The van der Waals surface area contributed by atoms with Crippen LogP contribution in [0, 0.1) is 13.8 Å². The van der Waals surface area contributed by atoms with Crippen LogP contribution in [0.1, 0.15) is 27.9 Å². The quantitative estimate of drug-likeness (QED) is 0.858. The molecular weight excluding hydrogens is 324 g/mol. The summed E-state index contributed by atoms with van der Waals surface area (Å²) in [6.45, 7) is 4.49. The molecule has 0 bridgehead atoms. The lowest BCUT2D eigenvalue weighted by Crippen LogP contribution is -2.48. The molecule has 2 heterocycles. The summed E-state index contributed by atoms with van der Waals surface area (Å²) in [6, 6.07) is 11.1. The number of nitrogens with zero attached hydrogens (tertiary/aromatic N) is 2. The van der Waals surface area contributed by atoms with Crippen LogP contribution in [0.2, 0.25) is 5.02 Å². The van der Waals surface area contributed by atoms with Crippen LogP contribution in [0.4, 0.5) is 11.4 Å². The zero-order valence-corrected chi connectivity index (χ0v) is 14.3. The van der Waals surface area contributed by atoms with E-state index in [1.54, 1.807) is 12.1 Å². The van der Waals surface area contributed by atoms with Gasteiger partial charge >= 0.3 is 0 Å². The lowest BCUT2D eigenvalue weighted by molar-refractivity contribution is 0.0602. The van der Waals surface area contributed by atoms with Crippen LogP contribution in [0.5, 0.6) is 0 Å². The second-order valence-corrected chi connectivity index (χ2v) is 6.89. The lowest BCUT2D eigenvalue weighted by atomic mass is 9.86. The average molecular weight is 341 g/mol. The molecule has 24 heavy (non-hydrogen) atoms. The number of hydrogen-bond acceptors (Lipinski definition) is 4. The van der Waals surface area contributed by atoms with Gasteiger partial charge in [0.25, 0.3) is 0 Å². The van der Waals surface area contributed by atoms with Crippen molar-refractivity contribution in [3.63, 3.8) is 0 Å². The number of amidine groups is 1. The van der Waals surface area contributed by atoms with Crippen LogP contribution in [0.25, 0.3) is 0 Å². The molecule has 0 aromatic heterocycles. The summed E-state index contributed by atoms with van der Waals surface area (Å²) in [4.78, 5) is 19.5. The van der Waals surface area contributed by atoms with E-state index in [4.69, 9.17) is 11.6 Å². The van der Waals surface area contributed by atoms with Crippen LogP contribution in [-0.4, -0.2) is 28.9 Å². The number of rotatable bonds is 1. The maximum atomic E-state index is 12.9. The number of aliphatic hydroxyl groups is 1. The first-order valence-electron chi connectivity index (χ1n) is 7.91. The highest BCUT2D eigenvalue weighted by molar-refractivity contribution is 6.31. The first-order valence-corrected chi connectivity index (χ1v) is 8.28. The second-order valence-electron chi connectivity index (χ2n) is 6.46. The molecule has 122 valence electrons. The minimum Gasteiger partial charge on any atom is -0.374 e. The summed E-state index contributed by atoms with van der Waals surface area (Å²) in [5.41, 5.74) is 2.55. The van der Waals surface area contributed by atoms with Gasteiger partial charge in [0.1, 0.15) is 5.84 Å². The Morgan fingerprint density at radius 1 is 1.17 bits per heavy atom. The number of ketones is 1. The number of fused-ring (bicyclic) bond motifs is 2. The Labute approximate surface area is 145 Å². The molecule has 4 rings (SSSR count). The molecule has 2 aromatic rings. The van der Waals surface area contributed by atoms with Gasteiger partial charge in [-0.05, 0) is 61.4 Å². The maximum absolute atomic E-state index is 12.9. The lowest BCUT2D eigenvalue weighted by Gasteiger charge is -2.30. The van der Waals surface area contributed by atoms with Crippen LogP contribution in [-0.2, 0) is 0 Å². The van der Waals surface area contributed by atoms with E-state index >= 15 is 0 Å². The molecule has 0 radical (unpaired) electrons. The summed E-state index contributed by atoms with van der Waals surface area (Å²) in [7, 11) is 0. The van der Waals surface area contributed by atoms with E-state index in [9.17, 15) is 9.90 Å². The first kappa shape index (κ1) is 15.4. The Hall–Kier alpha value is -2.17. The molecule has 1 atom stereocenters. The third kappa shape index (κ3) is 2.10. The Kier molecular flexibility index (Phi) is 3.31. The van der Waals surface area contributed by atoms with Gasteiger partial charge in [0, 0.05) is 29.2 Å². The number of carbonyl (C=O) groups is 1. The largest absolute Gasteiger partial charge is 0.374 e. The number of hydrogen-bond donors (Lipinski definition) is 1. The number of carbonyl (C=O) groups excluding carboxylic acids is 1. The molecule has 2 aromatic carbocycles. The number of aryl methyl sites for hydroxylation is 2. The maximum Gasteiger partial charge on any atom is 0.204 e. The molecule has 0 aliphatic carbocycles. The first-order chi connectivity index (χ1) is 11.4. The molecular formula is C19H17ClN2O2. The monoisotopic (exact) mass is 340 g/mol. The fourth-order valence-electron chi connectivity index (χ4n) is 3.37. The predicted molar refractivity (Wildman–Crippen MR) is 95.7 cm³/mol. The zero-order chi connectivity index (χ0) is 17.1. The van der Waals surface area contributed by atoms with Gasteiger partial charge in [-0.3, -0.25) is 4.79 Å². The Balaban J connectivity index is 1.87. The predicted octanol–water partition coefficient (Wildman–Crippen LogP) is 3.82. The van der Waals surface area contributed by atoms with Gasteiger partial charge in [0.15, 0.2) is 5.60 Å². The molecule has 4 nitrogen and oxygen atoms in total. The van der Waals surface area contributed by atoms with Gasteiger partial charge in [-0.25, -0.2) is 4.99 Å². The van der Waals surface area contributed by atoms with Crippen molar-refractivity contribution in [1.29, 1.82) is 0 Å². The van der Waals surface area contributed by atoms with Gasteiger partial charge in [0.05, 0.1) is 5.69 Å². The van der Waals surface area contributed by atoms with Crippen molar-refractivity contribution in [2.45, 2.75) is 25.9 Å². The third-order valence-corrected chi connectivity index (χ3v) is 5.17. The van der Waals surface area contributed by atoms with Crippen LogP contribution in [0.15, 0.2) is 41.4 Å². The van der Waals surface area contributed by atoms with E-state index in [1.165, 1.54) is 0 Å². The molecule has 0 amide bonds. The summed E-state index contributed by atoms with van der Waals surface area (Å²) >= 11 is 5.95. The van der Waals surface area contributed by atoms with E-state index in [-0.39, 0.29) is 5.78 Å². The summed E-state index contributed by atoms with van der Waals surface area (Å²) in [5.74, 6) is 0.146. The van der Waals surface area contributed by atoms with Crippen molar-refractivity contribution in [2.24, 2.45) is 4.99 Å². The fraction of sp³-hybridized carbons (Fsp3) is 0.263. The molecule has 2 aliphatic rings. The van der Waals surface area contributed by atoms with E-state index in [0.717, 1.165) is 16.8 Å². The van der Waals surface area contributed by atoms with Gasteiger partial charge < -0.3 is 10.0 Å². The van der Waals surface area contributed by atoms with E-state index < -0.39 is 5.60 Å². The number of halogens is 1. The molecule has 1 N–H and O–H groups in total. The number of aliphatic imine (C=N–C) groups is 1. The second kappa shape index (κ2) is 5.16. The van der Waals surface area contributed by atoms with Crippen LogP contribution in [0.3, 0.4) is 0 Å². The summed E-state index contributed by atoms with van der Waals surface area (Å²) in [6.07, 6.45) is 0.333. The van der Waals surface area contributed by atoms with Crippen LogP contribution >= 0.6 is 11.6 Å². The molecule has 1 fully saturated rings. The van der Waals surface area contributed by atoms with Crippen molar-refractivity contribution in [1.82, 2.24) is 0 Å². The highest BCUT2D eigenvalue weighted by atomic mass is 35.5. The molecule has 5 heteroatoms.